The highest BCUT2D eigenvalue weighted by atomic mass is 35.5. The molecular formula is C19H11Cl2F5N2OS. The fraction of sp³-hybridized carbons (Fsp3) is 0.158. The van der Waals surface area contributed by atoms with Gasteiger partial charge in [-0.25, -0.2) is 13.8 Å². The molecule has 0 radical (unpaired) electrons. The zero-order valence-corrected chi connectivity index (χ0v) is 17.3. The first kappa shape index (κ1) is 22.5. The molecule has 1 aromatic heterocycles. The Hall–Kier alpha value is -2.23. The predicted molar refractivity (Wildman–Crippen MR) is 107 cm³/mol. The summed E-state index contributed by atoms with van der Waals surface area (Å²) in [6, 6.07) is 6.56. The lowest BCUT2D eigenvalue weighted by molar-refractivity contribution is -0.137. The van der Waals surface area contributed by atoms with Gasteiger partial charge in [-0.15, -0.1) is 11.3 Å². The van der Waals surface area contributed by atoms with Crippen molar-refractivity contribution in [3.63, 3.8) is 0 Å². The Morgan fingerprint density at radius 3 is 2.37 bits per heavy atom. The molecule has 0 unspecified atom stereocenters. The van der Waals surface area contributed by atoms with Gasteiger partial charge in [0, 0.05) is 29.1 Å². The van der Waals surface area contributed by atoms with Crippen molar-refractivity contribution < 1.29 is 26.7 Å². The number of nitrogens with zero attached hydrogens (tertiary/aromatic N) is 1. The molecular weight excluding hydrogens is 470 g/mol. The van der Waals surface area contributed by atoms with E-state index in [4.69, 9.17) is 23.2 Å². The van der Waals surface area contributed by atoms with Crippen LogP contribution in [0.25, 0.3) is 10.6 Å². The number of hydrogen-bond donors (Lipinski definition) is 1. The minimum absolute atomic E-state index is 0.117. The molecule has 30 heavy (non-hydrogen) atoms. The Morgan fingerprint density at radius 1 is 1.07 bits per heavy atom. The highest BCUT2D eigenvalue weighted by Crippen LogP contribution is 2.37. The van der Waals surface area contributed by atoms with Crippen molar-refractivity contribution in [1.82, 2.24) is 4.98 Å². The van der Waals surface area contributed by atoms with Crippen molar-refractivity contribution in [2.75, 3.05) is 5.32 Å². The third kappa shape index (κ3) is 4.91. The van der Waals surface area contributed by atoms with Crippen LogP contribution >= 0.6 is 34.5 Å². The summed E-state index contributed by atoms with van der Waals surface area (Å²) in [5.41, 5.74) is -2.26. The van der Waals surface area contributed by atoms with Gasteiger partial charge in [-0.2, -0.15) is 13.2 Å². The summed E-state index contributed by atoms with van der Waals surface area (Å²) in [4.78, 5) is 16.6. The molecule has 1 N–H and O–H groups in total. The molecule has 3 nitrogen and oxygen atoms in total. The molecule has 0 aliphatic rings. The Morgan fingerprint density at radius 2 is 1.73 bits per heavy atom. The first-order valence-electron chi connectivity index (χ1n) is 8.18. The second-order valence-electron chi connectivity index (χ2n) is 6.28. The average Bonchev–Trinajstić information content (AvgIpc) is 3.12. The lowest BCUT2D eigenvalue weighted by Crippen LogP contribution is -2.16. The van der Waals surface area contributed by atoms with Crippen LogP contribution in [-0.2, 0) is 12.1 Å². The third-order valence-electron chi connectivity index (χ3n) is 3.94. The minimum Gasteiger partial charge on any atom is -0.321 e. The molecule has 158 valence electrons. The van der Waals surface area contributed by atoms with E-state index in [9.17, 15) is 26.7 Å². The van der Waals surface area contributed by atoms with Crippen LogP contribution in [0.15, 0.2) is 41.8 Å². The van der Waals surface area contributed by atoms with Crippen LogP contribution in [0, 0.1) is 0 Å². The molecule has 11 heteroatoms. The summed E-state index contributed by atoms with van der Waals surface area (Å²) in [6.07, 6.45) is -4.86. The molecule has 1 amide bonds. The predicted octanol–water partition coefficient (Wildman–Crippen LogP) is 7.50. The van der Waals surface area contributed by atoms with E-state index in [-0.39, 0.29) is 15.7 Å². The first-order valence-corrected chi connectivity index (χ1v) is 9.81. The number of rotatable bonds is 4. The zero-order chi connectivity index (χ0) is 22.3. The van der Waals surface area contributed by atoms with Crippen LogP contribution in [0.5, 0.6) is 0 Å². The number of amides is 1. The Balaban J connectivity index is 1.91. The number of hydrogen-bond acceptors (Lipinski definition) is 3. The average molecular weight is 481 g/mol. The Kier molecular flexibility index (Phi) is 6.08. The number of anilines is 1. The number of carbonyl (C=O) groups excluding carboxylic acids is 1. The number of carbonyl (C=O) groups is 1. The molecule has 0 saturated carbocycles. The van der Waals surface area contributed by atoms with Crippen molar-refractivity contribution in [3.05, 3.63) is 68.6 Å². The fourth-order valence-corrected chi connectivity index (χ4v) is 3.76. The summed E-state index contributed by atoms with van der Waals surface area (Å²) in [5, 5.41) is 4.43. The normalized spacial score (nSPS) is 12.1. The second-order valence-corrected chi connectivity index (χ2v) is 7.92. The van der Waals surface area contributed by atoms with Gasteiger partial charge in [0.15, 0.2) is 0 Å². The van der Waals surface area contributed by atoms with Gasteiger partial charge < -0.3 is 5.32 Å². The van der Waals surface area contributed by atoms with Gasteiger partial charge >= 0.3 is 6.18 Å². The molecule has 0 aliphatic carbocycles. The van der Waals surface area contributed by atoms with Crippen molar-refractivity contribution in [2.45, 2.75) is 19.0 Å². The van der Waals surface area contributed by atoms with Gasteiger partial charge in [0.25, 0.3) is 11.8 Å². The van der Waals surface area contributed by atoms with Crippen LogP contribution in [-0.4, -0.2) is 10.9 Å². The largest absolute Gasteiger partial charge is 0.416 e. The van der Waals surface area contributed by atoms with E-state index in [2.05, 4.69) is 10.3 Å². The van der Waals surface area contributed by atoms with Crippen LogP contribution in [0.4, 0.5) is 27.6 Å². The first-order chi connectivity index (χ1) is 13.9. The molecule has 0 saturated heterocycles. The monoisotopic (exact) mass is 480 g/mol. The van der Waals surface area contributed by atoms with Gasteiger partial charge in [0.05, 0.1) is 15.6 Å². The molecule has 2 aromatic carbocycles. The fourth-order valence-electron chi connectivity index (χ4n) is 2.48. The van der Waals surface area contributed by atoms with E-state index in [1.807, 2.05) is 0 Å². The van der Waals surface area contributed by atoms with Crippen LogP contribution in [0.2, 0.25) is 10.0 Å². The number of benzene rings is 2. The number of halogens is 7. The maximum atomic E-state index is 13.6. The quantitative estimate of drug-likeness (QED) is 0.392. The lowest BCUT2D eigenvalue weighted by Gasteiger charge is -2.16. The van der Waals surface area contributed by atoms with Crippen molar-refractivity contribution in [2.24, 2.45) is 0 Å². The second kappa shape index (κ2) is 8.13. The van der Waals surface area contributed by atoms with Crippen molar-refractivity contribution >= 4 is 46.1 Å². The van der Waals surface area contributed by atoms with E-state index in [1.54, 1.807) is 18.2 Å². The standard InChI is InChI=1S/C19H11Cl2F5N2OS/c1-18(22,23)9-5-10(19(24,25)26)7-11(6-9)27-16(29)14-8-30-17(28-14)12-3-2-4-13(20)15(12)21/h2-8H,1H3,(H,27,29). The van der Waals surface area contributed by atoms with Gasteiger partial charge in [-0.1, -0.05) is 35.3 Å². The summed E-state index contributed by atoms with van der Waals surface area (Å²) in [6.45, 7) is 0.468. The number of alkyl halides is 5. The molecule has 0 atom stereocenters. The maximum absolute atomic E-state index is 13.6. The molecule has 0 bridgehead atoms. The van der Waals surface area contributed by atoms with Crippen LogP contribution in [0.1, 0.15) is 28.5 Å². The minimum atomic E-state index is -4.86. The van der Waals surface area contributed by atoms with Crippen LogP contribution in [0.3, 0.4) is 0 Å². The van der Waals surface area contributed by atoms with Crippen molar-refractivity contribution in [3.8, 4) is 10.6 Å². The van der Waals surface area contributed by atoms with E-state index in [0.717, 1.165) is 17.4 Å². The summed E-state index contributed by atoms with van der Waals surface area (Å²) < 4.78 is 66.4. The topological polar surface area (TPSA) is 42.0 Å². The molecule has 0 spiro atoms. The molecule has 3 aromatic rings. The Bertz CT molecular complexity index is 1080. The van der Waals surface area contributed by atoms with E-state index in [0.29, 0.717) is 29.6 Å². The van der Waals surface area contributed by atoms with E-state index >= 15 is 0 Å². The van der Waals surface area contributed by atoms with Gasteiger partial charge in [0.1, 0.15) is 10.7 Å². The SMILES string of the molecule is CC(F)(F)c1cc(NC(=O)c2csc(-c3cccc(Cl)c3Cl)n2)cc(C(F)(F)F)c1. The van der Waals surface area contributed by atoms with Gasteiger partial charge in [0.2, 0.25) is 0 Å². The molecule has 0 aliphatic heterocycles. The zero-order valence-electron chi connectivity index (χ0n) is 15.0. The Labute approximate surface area is 181 Å². The van der Waals surface area contributed by atoms with Gasteiger partial charge in [-0.3, -0.25) is 4.79 Å². The smallest absolute Gasteiger partial charge is 0.321 e. The summed E-state index contributed by atoms with van der Waals surface area (Å²) >= 11 is 13.1. The number of nitrogens with one attached hydrogen (secondary N) is 1. The molecule has 0 fully saturated rings. The molecule has 1 heterocycles. The summed E-state index contributed by atoms with van der Waals surface area (Å²) in [5.74, 6) is -4.39. The molecule has 3 rings (SSSR count). The number of thiazole rings is 1. The van der Waals surface area contributed by atoms with E-state index < -0.39 is 34.8 Å². The third-order valence-corrected chi connectivity index (χ3v) is 5.64. The summed E-state index contributed by atoms with van der Waals surface area (Å²) in [7, 11) is 0. The van der Waals surface area contributed by atoms with Crippen LogP contribution < -0.4 is 5.32 Å². The highest BCUT2D eigenvalue weighted by molar-refractivity contribution is 7.13. The number of aromatic nitrogens is 1. The van der Waals surface area contributed by atoms with E-state index in [1.165, 1.54) is 5.38 Å². The lowest BCUT2D eigenvalue weighted by atomic mass is 10.0. The highest BCUT2D eigenvalue weighted by Gasteiger charge is 2.34. The maximum Gasteiger partial charge on any atom is 0.416 e. The van der Waals surface area contributed by atoms with Crippen molar-refractivity contribution in [1.29, 1.82) is 0 Å². The van der Waals surface area contributed by atoms with Gasteiger partial charge in [-0.05, 0) is 24.3 Å².